The molecule has 0 spiro atoms. The Hall–Kier alpha value is -3.45. The van der Waals surface area contributed by atoms with Crippen LogP contribution in [0.15, 0.2) is 59.1 Å². The van der Waals surface area contributed by atoms with Crippen LogP contribution in [0, 0.1) is 23.0 Å². The molecule has 2 rings (SSSR count). The summed E-state index contributed by atoms with van der Waals surface area (Å²) in [5, 5.41) is 11.6. The van der Waals surface area contributed by atoms with Crippen molar-refractivity contribution in [2.45, 2.75) is 11.8 Å². The summed E-state index contributed by atoms with van der Waals surface area (Å²) >= 11 is 0. The highest BCUT2D eigenvalue weighted by molar-refractivity contribution is 7.92. The molecule has 2 aromatic carbocycles. The number of nitrogens with zero attached hydrogens (tertiary/aromatic N) is 1. The predicted octanol–water partition coefficient (Wildman–Crippen LogP) is 3.15. The fourth-order valence-electron chi connectivity index (χ4n) is 2.13. The van der Waals surface area contributed by atoms with Gasteiger partial charge in [0.15, 0.2) is 10.5 Å². The Morgan fingerprint density at radius 3 is 2.32 bits per heavy atom. The molecule has 0 fully saturated rings. The molecule has 2 aromatic rings. The molecular weight excluding hydrogens is 392 g/mol. The van der Waals surface area contributed by atoms with Crippen LogP contribution in [0.1, 0.15) is 6.92 Å². The Morgan fingerprint density at radius 2 is 1.75 bits per heavy atom. The first-order valence-electron chi connectivity index (χ1n) is 7.90. The number of carbonyl (C=O) groups is 1. The van der Waals surface area contributed by atoms with Crippen LogP contribution in [0.25, 0.3) is 0 Å². The number of hydrogen-bond acceptors (Lipinski definition) is 6. The fourth-order valence-corrected chi connectivity index (χ4v) is 3.35. The summed E-state index contributed by atoms with van der Waals surface area (Å²) in [7, 11) is -4.58. The highest BCUT2D eigenvalue weighted by Gasteiger charge is 2.24. The summed E-state index contributed by atoms with van der Waals surface area (Å²) in [6.07, 6.45) is 1.04. The fraction of sp³-hybridized carbons (Fsp3) is 0.111. The quantitative estimate of drug-likeness (QED) is 0.415. The van der Waals surface area contributed by atoms with Gasteiger partial charge in [-0.2, -0.15) is 5.26 Å². The van der Waals surface area contributed by atoms with Gasteiger partial charge < -0.3 is 10.1 Å². The van der Waals surface area contributed by atoms with Gasteiger partial charge in [-0.1, -0.05) is 18.2 Å². The topological polar surface area (TPSA) is 108 Å². The number of esters is 1. The zero-order chi connectivity index (χ0) is 20.7. The van der Waals surface area contributed by atoms with E-state index in [0.29, 0.717) is 0 Å². The molecule has 0 saturated carbocycles. The Balaban J connectivity index is 2.35. The SMILES string of the molecule is CCOC(=O)/C(C#N)=C/Nc1ccccc1NS(=O)(=O)c1c(F)cccc1F. The molecule has 0 aromatic heterocycles. The van der Waals surface area contributed by atoms with Crippen LogP contribution in [0.5, 0.6) is 0 Å². The molecule has 0 aliphatic heterocycles. The molecule has 0 aliphatic carbocycles. The number of halogens is 2. The lowest BCUT2D eigenvalue weighted by molar-refractivity contribution is -0.138. The minimum Gasteiger partial charge on any atom is -0.462 e. The molecule has 0 amide bonds. The second kappa shape index (κ2) is 8.96. The van der Waals surface area contributed by atoms with E-state index in [-0.39, 0.29) is 23.6 Å². The van der Waals surface area contributed by atoms with Gasteiger partial charge in [-0.05, 0) is 31.2 Å². The van der Waals surface area contributed by atoms with Crippen molar-refractivity contribution < 1.29 is 26.7 Å². The number of anilines is 2. The molecule has 0 saturated heterocycles. The molecule has 0 bridgehead atoms. The van der Waals surface area contributed by atoms with Crippen molar-refractivity contribution in [3.05, 3.63) is 65.9 Å². The number of carbonyl (C=O) groups excluding carboxylic acids is 1. The van der Waals surface area contributed by atoms with E-state index in [2.05, 4.69) is 10.0 Å². The highest BCUT2D eigenvalue weighted by atomic mass is 32.2. The maximum atomic E-state index is 13.8. The van der Waals surface area contributed by atoms with Crippen LogP contribution in [-0.2, 0) is 19.6 Å². The summed E-state index contributed by atoms with van der Waals surface area (Å²) in [6.45, 7) is 1.65. The van der Waals surface area contributed by atoms with Crippen LogP contribution >= 0.6 is 0 Å². The van der Waals surface area contributed by atoms with Crippen molar-refractivity contribution in [3.63, 3.8) is 0 Å². The van der Waals surface area contributed by atoms with Crippen molar-refractivity contribution in [2.75, 3.05) is 16.6 Å². The van der Waals surface area contributed by atoms with Gasteiger partial charge in [-0.25, -0.2) is 22.0 Å². The molecule has 28 heavy (non-hydrogen) atoms. The van der Waals surface area contributed by atoms with E-state index in [4.69, 9.17) is 10.00 Å². The Labute approximate surface area is 160 Å². The van der Waals surface area contributed by atoms with Crippen molar-refractivity contribution >= 4 is 27.4 Å². The number of sulfonamides is 1. The second-order valence-corrected chi connectivity index (χ2v) is 6.86. The summed E-state index contributed by atoms with van der Waals surface area (Å²) in [5.41, 5.74) is -0.262. The summed E-state index contributed by atoms with van der Waals surface area (Å²) in [6, 6.07) is 10.2. The lowest BCUT2D eigenvalue weighted by atomic mass is 10.2. The summed E-state index contributed by atoms with van der Waals surface area (Å²) in [4.78, 5) is 10.5. The van der Waals surface area contributed by atoms with Gasteiger partial charge in [-0.15, -0.1) is 0 Å². The molecule has 2 N–H and O–H groups in total. The normalized spacial score (nSPS) is 11.4. The summed E-state index contributed by atoms with van der Waals surface area (Å²) < 4.78 is 59.3. The first kappa shape index (κ1) is 20.9. The van der Waals surface area contributed by atoms with Crippen molar-refractivity contribution in [1.82, 2.24) is 0 Å². The Morgan fingerprint density at radius 1 is 1.14 bits per heavy atom. The average Bonchev–Trinajstić information content (AvgIpc) is 2.63. The molecule has 0 aliphatic rings. The van der Waals surface area contributed by atoms with Crippen LogP contribution < -0.4 is 10.0 Å². The predicted molar refractivity (Wildman–Crippen MR) is 97.6 cm³/mol. The van der Waals surface area contributed by atoms with E-state index >= 15 is 0 Å². The maximum Gasteiger partial charge on any atom is 0.350 e. The molecule has 10 heteroatoms. The molecule has 0 unspecified atom stereocenters. The Bertz CT molecular complexity index is 1040. The van der Waals surface area contributed by atoms with E-state index in [1.165, 1.54) is 18.2 Å². The monoisotopic (exact) mass is 407 g/mol. The smallest absolute Gasteiger partial charge is 0.350 e. The average molecular weight is 407 g/mol. The number of rotatable bonds is 7. The van der Waals surface area contributed by atoms with E-state index in [0.717, 1.165) is 24.4 Å². The summed E-state index contributed by atoms with van der Waals surface area (Å²) in [5.74, 6) is -3.34. The van der Waals surface area contributed by atoms with Crippen LogP contribution in [0.2, 0.25) is 0 Å². The minimum atomic E-state index is -4.58. The van der Waals surface area contributed by atoms with Crippen LogP contribution in [0.3, 0.4) is 0 Å². The van der Waals surface area contributed by atoms with Gasteiger partial charge in [0.2, 0.25) is 0 Å². The van der Waals surface area contributed by atoms with E-state index in [1.54, 1.807) is 19.1 Å². The molecule has 0 radical (unpaired) electrons. The zero-order valence-electron chi connectivity index (χ0n) is 14.6. The molecular formula is C18H15F2N3O4S. The zero-order valence-corrected chi connectivity index (χ0v) is 15.4. The third-order valence-corrected chi connectivity index (χ3v) is 4.76. The van der Waals surface area contributed by atoms with Crippen LogP contribution in [-0.4, -0.2) is 21.0 Å². The lowest BCUT2D eigenvalue weighted by Crippen LogP contribution is -2.17. The van der Waals surface area contributed by atoms with Crippen molar-refractivity contribution in [3.8, 4) is 6.07 Å². The molecule has 0 atom stereocenters. The van der Waals surface area contributed by atoms with Gasteiger partial charge in [0.1, 0.15) is 17.7 Å². The number of hydrogen-bond donors (Lipinski definition) is 2. The maximum absolute atomic E-state index is 13.8. The van der Waals surface area contributed by atoms with Gasteiger partial charge in [0.25, 0.3) is 10.0 Å². The molecule has 0 heterocycles. The second-order valence-electron chi connectivity index (χ2n) is 5.24. The first-order chi connectivity index (χ1) is 13.3. The first-order valence-corrected chi connectivity index (χ1v) is 9.38. The van der Waals surface area contributed by atoms with Gasteiger partial charge >= 0.3 is 5.97 Å². The number of ether oxygens (including phenoxy) is 1. The largest absolute Gasteiger partial charge is 0.462 e. The van der Waals surface area contributed by atoms with Gasteiger partial charge in [0, 0.05) is 6.20 Å². The van der Waals surface area contributed by atoms with E-state index < -0.39 is 32.5 Å². The molecule has 146 valence electrons. The van der Waals surface area contributed by atoms with Crippen molar-refractivity contribution in [2.24, 2.45) is 0 Å². The standard InChI is InChI=1S/C18H15F2N3O4S/c1-2-27-18(24)12(10-21)11-22-15-8-3-4-9-16(15)23-28(25,26)17-13(19)6-5-7-14(17)20/h3-9,11,22-23H,2H2,1H3/b12-11+. The number of nitrogens with one attached hydrogen (secondary N) is 2. The minimum absolute atomic E-state index is 0.0532. The van der Waals surface area contributed by atoms with Crippen LogP contribution in [0.4, 0.5) is 20.2 Å². The third kappa shape index (κ3) is 4.83. The number of benzene rings is 2. The van der Waals surface area contributed by atoms with E-state index in [9.17, 15) is 22.0 Å². The Kier molecular flexibility index (Phi) is 6.68. The van der Waals surface area contributed by atoms with E-state index in [1.807, 2.05) is 0 Å². The number of para-hydroxylation sites is 2. The lowest BCUT2D eigenvalue weighted by Gasteiger charge is -2.13. The highest BCUT2D eigenvalue weighted by Crippen LogP contribution is 2.27. The number of nitriles is 1. The van der Waals surface area contributed by atoms with Crippen molar-refractivity contribution in [1.29, 1.82) is 5.26 Å². The third-order valence-electron chi connectivity index (χ3n) is 3.35. The van der Waals surface area contributed by atoms with Gasteiger partial charge in [0.05, 0.1) is 18.0 Å². The molecule has 7 nitrogen and oxygen atoms in total. The van der Waals surface area contributed by atoms with Gasteiger partial charge in [-0.3, -0.25) is 4.72 Å².